The zero-order valence-electron chi connectivity index (χ0n) is 15.0. The van der Waals surface area contributed by atoms with Gasteiger partial charge in [-0.1, -0.05) is 29.5 Å². The highest BCUT2D eigenvalue weighted by atomic mass is 32.2. The number of thiazole rings is 1. The highest BCUT2D eigenvalue weighted by Crippen LogP contribution is 2.23. The average molecular weight is 426 g/mol. The van der Waals surface area contributed by atoms with E-state index in [0.717, 1.165) is 0 Å². The maximum absolute atomic E-state index is 12.7. The van der Waals surface area contributed by atoms with Crippen LogP contribution in [0.4, 0.5) is 5.69 Å². The Morgan fingerprint density at radius 1 is 1.25 bits per heavy atom. The maximum atomic E-state index is 12.7. The van der Waals surface area contributed by atoms with E-state index in [1.165, 1.54) is 34.3 Å². The zero-order chi connectivity index (χ0) is 20.5. The van der Waals surface area contributed by atoms with Gasteiger partial charge in [-0.05, 0) is 6.92 Å². The minimum absolute atomic E-state index is 0.0165. The number of benzene rings is 1. The topological polar surface area (TPSA) is 134 Å². The monoisotopic (exact) mass is 426 g/mol. The lowest BCUT2D eigenvalue weighted by atomic mass is 10.1. The molecule has 3 rings (SSSR count). The first-order valence-corrected chi connectivity index (χ1v) is 10.7. The second kappa shape index (κ2) is 7.81. The Kier molecular flexibility index (Phi) is 5.63. The predicted octanol–water partition coefficient (Wildman–Crippen LogP) is 0.729. The van der Waals surface area contributed by atoms with Crippen LogP contribution in [-0.4, -0.2) is 59.6 Å². The van der Waals surface area contributed by atoms with Gasteiger partial charge in [0.2, 0.25) is 5.91 Å². The summed E-state index contributed by atoms with van der Waals surface area (Å²) < 4.78 is 26.6. The molecule has 1 aromatic carbocycles. The number of hydrogen-bond acceptors (Lipinski definition) is 7. The van der Waals surface area contributed by atoms with Crippen molar-refractivity contribution in [3.63, 3.8) is 0 Å². The van der Waals surface area contributed by atoms with Crippen molar-refractivity contribution in [1.82, 2.24) is 14.2 Å². The number of nitro groups is 1. The quantitative estimate of drug-likeness (QED) is 0.553. The van der Waals surface area contributed by atoms with E-state index < -0.39 is 19.8 Å². The first-order chi connectivity index (χ1) is 13.2. The van der Waals surface area contributed by atoms with E-state index in [0.29, 0.717) is 22.6 Å². The van der Waals surface area contributed by atoms with Crippen molar-refractivity contribution in [2.75, 3.05) is 26.2 Å². The molecule has 1 N–H and O–H groups in total. The summed E-state index contributed by atoms with van der Waals surface area (Å²) in [7, 11) is -3.80. The maximum Gasteiger partial charge on any atom is 0.305 e. The van der Waals surface area contributed by atoms with Crippen LogP contribution in [0, 0.1) is 17.0 Å². The lowest BCUT2D eigenvalue weighted by Crippen LogP contribution is -2.50. The number of carbonyl (C=O) groups excluding carboxylic acids is 1. The number of nitro benzene ring substituents is 1. The van der Waals surface area contributed by atoms with Crippen LogP contribution in [0.1, 0.15) is 11.3 Å². The van der Waals surface area contributed by atoms with Crippen LogP contribution in [0.5, 0.6) is 0 Å². The molecule has 2 heterocycles. The molecule has 0 unspecified atom stereocenters. The number of sulfonamides is 1. The molecule has 1 aromatic heterocycles. The molecular formula is C16H18N4O6S2. The Bertz CT molecular complexity index is 1070. The van der Waals surface area contributed by atoms with Gasteiger partial charge in [-0.15, -0.1) is 0 Å². The minimum atomic E-state index is -3.80. The summed E-state index contributed by atoms with van der Waals surface area (Å²) in [4.78, 5) is 38.0. The first-order valence-electron chi connectivity index (χ1n) is 8.40. The molecule has 28 heavy (non-hydrogen) atoms. The summed E-state index contributed by atoms with van der Waals surface area (Å²) >= 11 is 0.643. The average Bonchev–Trinajstić information content (AvgIpc) is 3.01. The normalized spacial score (nSPS) is 15.5. The van der Waals surface area contributed by atoms with Crippen molar-refractivity contribution in [3.05, 3.63) is 55.3 Å². The number of nitrogens with one attached hydrogen (secondary N) is 1. The van der Waals surface area contributed by atoms with Crippen LogP contribution in [0.25, 0.3) is 0 Å². The van der Waals surface area contributed by atoms with Crippen LogP contribution < -0.4 is 4.87 Å². The molecule has 10 nitrogen and oxygen atoms in total. The summed E-state index contributed by atoms with van der Waals surface area (Å²) in [6, 6.07) is 6.04. The van der Waals surface area contributed by atoms with E-state index in [1.807, 2.05) is 0 Å². The van der Waals surface area contributed by atoms with E-state index in [4.69, 9.17) is 0 Å². The Morgan fingerprint density at radius 3 is 2.46 bits per heavy atom. The van der Waals surface area contributed by atoms with Gasteiger partial charge in [0.05, 0.1) is 11.3 Å². The van der Waals surface area contributed by atoms with Crippen molar-refractivity contribution in [3.8, 4) is 0 Å². The van der Waals surface area contributed by atoms with Gasteiger partial charge in [-0.25, -0.2) is 8.42 Å². The Morgan fingerprint density at radius 2 is 1.89 bits per heavy atom. The van der Waals surface area contributed by atoms with Crippen LogP contribution in [0.2, 0.25) is 0 Å². The molecule has 1 saturated heterocycles. The molecule has 0 saturated carbocycles. The second-order valence-corrected chi connectivity index (χ2v) is 9.39. The second-order valence-electron chi connectivity index (χ2n) is 6.27. The molecular weight excluding hydrogens is 408 g/mol. The smallest absolute Gasteiger partial charge is 0.305 e. The molecule has 0 radical (unpaired) electrons. The number of aromatic nitrogens is 1. The number of hydrogen-bond donors (Lipinski definition) is 1. The number of amides is 1. The van der Waals surface area contributed by atoms with E-state index in [2.05, 4.69) is 4.98 Å². The fraction of sp³-hybridized carbons (Fsp3) is 0.375. The van der Waals surface area contributed by atoms with Crippen molar-refractivity contribution in [2.24, 2.45) is 0 Å². The fourth-order valence-corrected chi connectivity index (χ4v) is 5.90. The Labute approximate surface area is 164 Å². The molecule has 150 valence electrons. The molecule has 0 bridgehead atoms. The van der Waals surface area contributed by atoms with Crippen LogP contribution >= 0.6 is 11.3 Å². The molecule has 0 spiro atoms. The molecule has 2 aromatic rings. The third-order valence-electron chi connectivity index (χ3n) is 4.48. The van der Waals surface area contributed by atoms with Gasteiger partial charge in [0, 0.05) is 43.5 Å². The van der Waals surface area contributed by atoms with Crippen molar-refractivity contribution in [2.45, 2.75) is 17.6 Å². The summed E-state index contributed by atoms with van der Waals surface area (Å²) in [6.07, 6.45) is -0.123. The number of nitrogens with zero attached hydrogens (tertiary/aromatic N) is 3. The van der Waals surface area contributed by atoms with Gasteiger partial charge >= 0.3 is 4.87 Å². The predicted molar refractivity (Wildman–Crippen MR) is 102 cm³/mol. The minimum Gasteiger partial charge on any atom is -0.340 e. The molecule has 12 heteroatoms. The van der Waals surface area contributed by atoms with E-state index in [1.54, 1.807) is 6.07 Å². The standard InChI is InChI=1S/C16H18N4O6S2/c1-11-15(27-16(22)17-11)28(25,26)19-8-6-18(7-9-19)14(21)10-12-4-2-3-5-13(12)20(23)24/h2-5H,6-10H2,1H3,(H,17,22). The molecule has 1 aliphatic rings. The summed E-state index contributed by atoms with van der Waals surface area (Å²) in [6.45, 7) is 2.07. The number of piperazine rings is 1. The van der Waals surface area contributed by atoms with E-state index in [-0.39, 0.29) is 48.4 Å². The molecule has 1 fully saturated rings. The summed E-state index contributed by atoms with van der Waals surface area (Å²) in [5.74, 6) is -0.297. The fourth-order valence-electron chi connectivity index (χ4n) is 3.04. The molecule has 1 aliphatic heterocycles. The van der Waals surface area contributed by atoms with E-state index in [9.17, 15) is 28.1 Å². The van der Waals surface area contributed by atoms with Gasteiger partial charge < -0.3 is 9.88 Å². The summed E-state index contributed by atoms with van der Waals surface area (Å²) in [5, 5.41) is 11.1. The first kappa shape index (κ1) is 20.2. The Hall–Kier alpha value is -2.57. The molecule has 0 atom stereocenters. The third kappa shape index (κ3) is 3.98. The van der Waals surface area contributed by atoms with Gasteiger partial charge in [0.1, 0.15) is 0 Å². The van der Waals surface area contributed by atoms with Gasteiger partial charge in [0.25, 0.3) is 15.7 Å². The van der Waals surface area contributed by atoms with Crippen LogP contribution in [0.15, 0.2) is 33.3 Å². The lowest BCUT2D eigenvalue weighted by Gasteiger charge is -2.33. The Balaban J connectivity index is 1.67. The zero-order valence-corrected chi connectivity index (χ0v) is 16.6. The van der Waals surface area contributed by atoms with E-state index >= 15 is 0 Å². The number of aryl methyl sites for hydroxylation is 1. The number of rotatable bonds is 5. The highest BCUT2D eigenvalue weighted by molar-refractivity contribution is 7.91. The third-order valence-corrected chi connectivity index (χ3v) is 7.96. The highest BCUT2D eigenvalue weighted by Gasteiger charge is 2.33. The molecule has 1 amide bonds. The van der Waals surface area contributed by atoms with Gasteiger partial charge in [-0.2, -0.15) is 4.31 Å². The number of para-hydroxylation sites is 1. The van der Waals surface area contributed by atoms with Gasteiger partial charge in [0.15, 0.2) is 4.21 Å². The van der Waals surface area contributed by atoms with Gasteiger partial charge in [-0.3, -0.25) is 19.7 Å². The number of H-pyrrole nitrogens is 1. The van der Waals surface area contributed by atoms with Crippen LogP contribution in [-0.2, 0) is 21.2 Å². The van der Waals surface area contributed by atoms with Crippen LogP contribution in [0.3, 0.4) is 0 Å². The number of aromatic amines is 1. The lowest BCUT2D eigenvalue weighted by molar-refractivity contribution is -0.385. The summed E-state index contributed by atoms with van der Waals surface area (Å²) in [5.41, 5.74) is 0.500. The van der Waals surface area contributed by atoms with Crippen molar-refractivity contribution >= 4 is 33.0 Å². The molecule has 0 aliphatic carbocycles. The van der Waals surface area contributed by atoms with Crippen molar-refractivity contribution in [1.29, 1.82) is 0 Å². The van der Waals surface area contributed by atoms with Crippen molar-refractivity contribution < 1.29 is 18.1 Å². The number of carbonyl (C=O) groups is 1. The largest absolute Gasteiger partial charge is 0.340 e. The SMILES string of the molecule is Cc1[nH]c(=O)sc1S(=O)(=O)N1CCN(C(=O)Cc2ccccc2[N+](=O)[O-])CC1.